The lowest BCUT2D eigenvalue weighted by Gasteiger charge is -2.37. The second-order valence-corrected chi connectivity index (χ2v) is 12.3. The molecule has 2 fully saturated rings. The lowest BCUT2D eigenvalue weighted by atomic mass is 10.0. The molecule has 0 saturated carbocycles. The van der Waals surface area contributed by atoms with E-state index in [0.717, 1.165) is 79.0 Å². The van der Waals surface area contributed by atoms with Gasteiger partial charge in [-0.15, -0.1) is 0 Å². The summed E-state index contributed by atoms with van der Waals surface area (Å²) in [6, 6.07) is 8.02. The maximum atomic E-state index is 13.2. The molecule has 41 heavy (non-hydrogen) atoms. The second-order valence-electron chi connectivity index (χ2n) is 11.9. The van der Waals surface area contributed by atoms with Crippen LogP contribution in [0.25, 0.3) is 22.2 Å². The summed E-state index contributed by atoms with van der Waals surface area (Å²) in [5.41, 5.74) is 4.17. The number of fused-ring (bicyclic) bond motifs is 1. The van der Waals surface area contributed by atoms with Crippen molar-refractivity contribution in [3.63, 3.8) is 0 Å². The van der Waals surface area contributed by atoms with Gasteiger partial charge in [-0.25, -0.2) is 9.78 Å². The van der Waals surface area contributed by atoms with Crippen molar-refractivity contribution >= 4 is 40.3 Å². The molecule has 10 heteroatoms. The monoisotopic (exact) mass is 580 g/mol. The third-order valence-electron chi connectivity index (χ3n) is 7.84. The number of hydrogen-bond donors (Lipinski definition) is 1. The number of pyridine rings is 1. The molecular formula is C31H41ClN6O3. The molecule has 2 saturated heterocycles. The van der Waals surface area contributed by atoms with E-state index in [9.17, 15) is 9.59 Å². The molecule has 1 aromatic carbocycles. The lowest BCUT2D eigenvalue weighted by molar-refractivity contribution is -0.121. The minimum Gasteiger partial charge on any atom is -0.444 e. The lowest BCUT2D eigenvalue weighted by Crippen LogP contribution is -2.52. The quantitative estimate of drug-likeness (QED) is 0.422. The molecule has 2 aliphatic heterocycles. The number of nitrogens with zero attached hydrogens (tertiary/aromatic N) is 5. The molecule has 220 valence electrons. The van der Waals surface area contributed by atoms with Gasteiger partial charge >= 0.3 is 6.09 Å². The second kappa shape index (κ2) is 12.4. The van der Waals surface area contributed by atoms with Crippen LogP contribution in [0.4, 0.5) is 10.5 Å². The van der Waals surface area contributed by atoms with Crippen molar-refractivity contribution < 1.29 is 14.3 Å². The van der Waals surface area contributed by atoms with Crippen LogP contribution >= 0.6 is 11.6 Å². The van der Waals surface area contributed by atoms with E-state index >= 15 is 0 Å². The van der Waals surface area contributed by atoms with Crippen LogP contribution in [-0.4, -0.2) is 101 Å². The first-order valence-electron chi connectivity index (χ1n) is 14.6. The fourth-order valence-corrected chi connectivity index (χ4v) is 5.99. The SMILES string of the molecule is CCc1c[nH]c2ncc(-c3cccc(N4CCN(CCCN5CCN(C(=O)OC(C)(C)C)CC5)CC4=O)c3)c(Cl)c12. The van der Waals surface area contributed by atoms with E-state index in [4.69, 9.17) is 16.3 Å². The number of aryl methyl sites for hydroxylation is 1. The van der Waals surface area contributed by atoms with Crippen molar-refractivity contribution in [2.24, 2.45) is 0 Å². The number of rotatable bonds is 7. The van der Waals surface area contributed by atoms with Gasteiger partial charge in [0.05, 0.1) is 11.6 Å². The minimum atomic E-state index is -0.472. The molecule has 0 bridgehead atoms. The van der Waals surface area contributed by atoms with Gasteiger partial charge in [0.15, 0.2) is 0 Å². The van der Waals surface area contributed by atoms with Crippen LogP contribution < -0.4 is 4.90 Å². The van der Waals surface area contributed by atoms with Gasteiger partial charge in [-0.2, -0.15) is 0 Å². The van der Waals surface area contributed by atoms with Gasteiger partial charge in [-0.05, 0) is 70.0 Å². The Morgan fingerprint density at radius 2 is 1.80 bits per heavy atom. The van der Waals surface area contributed by atoms with E-state index in [1.165, 1.54) is 0 Å². The molecule has 3 aromatic rings. The van der Waals surface area contributed by atoms with Crippen molar-refractivity contribution in [2.75, 3.05) is 63.8 Å². The largest absolute Gasteiger partial charge is 0.444 e. The highest BCUT2D eigenvalue weighted by Gasteiger charge is 2.27. The van der Waals surface area contributed by atoms with Crippen molar-refractivity contribution in [3.05, 3.63) is 47.2 Å². The van der Waals surface area contributed by atoms with Crippen molar-refractivity contribution in [2.45, 2.75) is 46.1 Å². The Morgan fingerprint density at radius 1 is 1.07 bits per heavy atom. The van der Waals surface area contributed by atoms with Gasteiger partial charge in [0.25, 0.3) is 0 Å². The Hall–Kier alpha value is -3.14. The van der Waals surface area contributed by atoms with Crippen LogP contribution in [0.15, 0.2) is 36.7 Å². The first-order chi connectivity index (χ1) is 19.6. The Bertz CT molecular complexity index is 1390. The van der Waals surface area contributed by atoms with E-state index < -0.39 is 5.60 Å². The summed E-state index contributed by atoms with van der Waals surface area (Å²) in [7, 11) is 0. The summed E-state index contributed by atoms with van der Waals surface area (Å²) >= 11 is 6.86. The number of ether oxygens (including phenoxy) is 1. The highest BCUT2D eigenvalue weighted by atomic mass is 35.5. The molecule has 2 amide bonds. The summed E-state index contributed by atoms with van der Waals surface area (Å²) in [4.78, 5) is 41.6. The molecule has 0 spiro atoms. The standard InChI is InChI=1S/C31H41ClN6O3/c1-5-22-19-33-29-27(22)28(32)25(20-34-29)23-8-6-9-24(18-23)38-17-14-36(21-26(38)39)11-7-10-35-12-15-37(16-13-35)30(40)41-31(2,3)4/h6,8-9,18-20H,5,7,10-17,21H2,1-4H3,(H,33,34). The number of aromatic amines is 1. The zero-order valence-electron chi connectivity index (χ0n) is 24.6. The first kappa shape index (κ1) is 29.4. The van der Waals surface area contributed by atoms with E-state index in [-0.39, 0.29) is 12.0 Å². The number of carbonyl (C=O) groups excluding carboxylic acids is 2. The number of piperazine rings is 2. The molecule has 2 aromatic heterocycles. The summed E-state index contributed by atoms with van der Waals surface area (Å²) in [6.45, 7) is 14.6. The molecule has 0 unspecified atom stereocenters. The van der Waals surface area contributed by atoms with E-state index in [1.54, 1.807) is 11.1 Å². The van der Waals surface area contributed by atoms with Gasteiger partial charge in [0.2, 0.25) is 5.91 Å². The van der Waals surface area contributed by atoms with E-state index in [2.05, 4.69) is 26.7 Å². The third-order valence-corrected chi connectivity index (χ3v) is 8.23. The average molecular weight is 581 g/mol. The van der Waals surface area contributed by atoms with Gasteiger partial charge in [0.1, 0.15) is 11.2 Å². The molecule has 0 atom stereocenters. The Labute approximate surface area is 247 Å². The van der Waals surface area contributed by atoms with Gasteiger partial charge in [-0.1, -0.05) is 30.7 Å². The van der Waals surface area contributed by atoms with Crippen LogP contribution in [0.5, 0.6) is 0 Å². The third kappa shape index (κ3) is 6.85. The minimum absolute atomic E-state index is 0.109. The Kier molecular flexibility index (Phi) is 8.87. The number of halogens is 1. The number of H-pyrrole nitrogens is 1. The number of nitrogens with one attached hydrogen (secondary N) is 1. The molecule has 0 aliphatic carbocycles. The molecule has 9 nitrogen and oxygen atoms in total. The zero-order chi connectivity index (χ0) is 29.1. The normalized spacial score (nSPS) is 17.4. The van der Waals surface area contributed by atoms with E-state index in [1.807, 2.05) is 56.1 Å². The van der Waals surface area contributed by atoms with Crippen LogP contribution in [-0.2, 0) is 16.0 Å². The number of anilines is 1. The van der Waals surface area contributed by atoms with Crippen molar-refractivity contribution in [1.82, 2.24) is 24.7 Å². The van der Waals surface area contributed by atoms with Crippen molar-refractivity contribution in [1.29, 1.82) is 0 Å². The number of hydrogen-bond acceptors (Lipinski definition) is 6. The van der Waals surface area contributed by atoms with Gasteiger partial charge in [-0.3, -0.25) is 14.6 Å². The first-order valence-corrected chi connectivity index (χ1v) is 15.0. The topological polar surface area (TPSA) is 85.0 Å². The van der Waals surface area contributed by atoms with Crippen LogP contribution in [0.3, 0.4) is 0 Å². The van der Waals surface area contributed by atoms with Gasteiger partial charge in [0, 0.05) is 68.3 Å². The smallest absolute Gasteiger partial charge is 0.410 e. The van der Waals surface area contributed by atoms with Gasteiger partial charge < -0.3 is 19.5 Å². The molecule has 2 aliphatic rings. The van der Waals surface area contributed by atoms with Crippen molar-refractivity contribution in [3.8, 4) is 11.1 Å². The van der Waals surface area contributed by atoms with E-state index in [0.29, 0.717) is 31.2 Å². The number of aromatic nitrogens is 2. The average Bonchev–Trinajstić information content (AvgIpc) is 3.37. The highest BCUT2D eigenvalue weighted by Crippen LogP contribution is 2.36. The summed E-state index contributed by atoms with van der Waals surface area (Å²) in [5, 5.41) is 1.65. The van der Waals surface area contributed by atoms with Crippen LogP contribution in [0, 0.1) is 0 Å². The predicted molar refractivity (Wildman–Crippen MR) is 164 cm³/mol. The van der Waals surface area contributed by atoms with Crippen LogP contribution in [0.2, 0.25) is 5.02 Å². The summed E-state index contributed by atoms with van der Waals surface area (Å²) in [5.74, 6) is 0.109. The number of carbonyl (C=O) groups is 2. The predicted octanol–water partition coefficient (Wildman–Crippen LogP) is 5.04. The Morgan fingerprint density at radius 3 is 2.51 bits per heavy atom. The molecule has 4 heterocycles. The van der Waals surface area contributed by atoms with Crippen LogP contribution in [0.1, 0.15) is 39.7 Å². The fourth-order valence-electron chi connectivity index (χ4n) is 5.62. The fraction of sp³-hybridized carbons (Fsp3) is 0.516. The zero-order valence-corrected chi connectivity index (χ0v) is 25.3. The maximum Gasteiger partial charge on any atom is 0.410 e. The maximum absolute atomic E-state index is 13.2. The highest BCUT2D eigenvalue weighted by molar-refractivity contribution is 6.38. The Balaban J connectivity index is 1.12. The molecular weight excluding hydrogens is 540 g/mol. The number of amides is 2. The molecule has 5 rings (SSSR count). The summed E-state index contributed by atoms with van der Waals surface area (Å²) in [6.07, 6.45) is 5.40. The molecule has 1 N–H and O–H groups in total. The molecule has 0 radical (unpaired) electrons. The summed E-state index contributed by atoms with van der Waals surface area (Å²) < 4.78 is 5.49. The number of benzene rings is 1.